The third kappa shape index (κ3) is 4.07. The van der Waals surface area contributed by atoms with Crippen LogP contribution in [0.3, 0.4) is 0 Å². The molecule has 0 bridgehead atoms. The van der Waals surface area contributed by atoms with E-state index in [0.29, 0.717) is 23.6 Å². The molecule has 2 aromatic rings. The molecule has 23 heavy (non-hydrogen) atoms. The molecule has 0 N–H and O–H groups in total. The van der Waals surface area contributed by atoms with Crippen molar-refractivity contribution in [2.24, 2.45) is 0 Å². The van der Waals surface area contributed by atoms with Crippen molar-refractivity contribution in [3.63, 3.8) is 0 Å². The predicted molar refractivity (Wildman–Crippen MR) is 87.0 cm³/mol. The molecular weight excluding hydrogens is 290 g/mol. The van der Waals surface area contributed by atoms with E-state index in [1.807, 2.05) is 26.0 Å². The Balaban J connectivity index is 2.19. The summed E-state index contributed by atoms with van der Waals surface area (Å²) in [5.41, 5.74) is 2.11. The van der Waals surface area contributed by atoms with Crippen LogP contribution in [0.4, 0.5) is 0 Å². The molecule has 1 aromatic heterocycles. The van der Waals surface area contributed by atoms with Crippen LogP contribution in [0.5, 0.6) is 5.88 Å². The van der Waals surface area contributed by atoms with Gasteiger partial charge in [-0.15, -0.1) is 0 Å². The van der Waals surface area contributed by atoms with Crippen molar-refractivity contribution in [3.8, 4) is 11.9 Å². The number of rotatable bonds is 5. The molecule has 2 rings (SSSR count). The Morgan fingerprint density at radius 3 is 2.43 bits per heavy atom. The zero-order valence-electron chi connectivity index (χ0n) is 13.5. The number of pyridine rings is 1. The van der Waals surface area contributed by atoms with Crippen molar-refractivity contribution in [1.29, 1.82) is 5.26 Å². The highest BCUT2D eigenvalue weighted by atomic mass is 16.5. The molecule has 118 valence electrons. The number of hydrogen-bond acceptors (Lipinski definition) is 4. The largest absolute Gasteiger partial charge is 0.481 e. The average molecular weight is 309 g/mol. The summed E-state index contributed by atoms with van der Waals surface area (Å²) in [7, 11) is 1.54. The van der Waals surface area contributed by atoms with E-state index in [9.17, 15) is 4.79 Å². The predicted octanol–water partition coefficient (Wildman–Crippen LogP) is 3.01. The van der Waals surface area contributed by atoms with E-state index in [1.54, 1.807) is 29.2 Å². The molecule has 0 aliphatic carbocycles. The monoisotopic (exact) mass is 309 g/mol. The van der Waals surface area contributed by atoms with Gasteiger partial charge in [-0.05, 0) is 37.6 Å². The molecule has 0 radical (unpaired) electrons. The third-order valence-electron chi connectivity index (χ3n) is 3.51. The van der Waals surface area contributed by atoms with Crippen molar-refractivity contribution < 1.29 is 9.53 Å². The third-order valence-corrected chi connectivity index (χ3v) is 3.51. The second kappa shape index (κ2) is 7.41. The fraction of sp³-hybridized carbons (Fsp3) is 0.278. The fourth-order valence-electron chi connectivity index (χ4n) is 2.16. The van der Waals surface area contributed by atoms with Crippen molar-refractivity contribution in [2.45, 2.75) is 26.4 Å². The lowest BCUT2D eigenvalue weighted by atomic mass is 10.1. The second-order valence-electron chi connectivity index (χ2n) is 5.42. The van der Waals surface area contributed by atoms with Gasteiger partial charge in [0.15, 0.2) is 0 Å². The first-order valence-corrected chi connectivity index (χ1v) is 7.35. The van der Waals surface area contributed by atoms with Crippen LogP contribution in [0.15, 0.2) is 42.6 Å². The lowest BCUT2D eigenvalue weighted by Gasteiger charge is -2.27. The Bertz CT molecular complexity index is 701. The number of carbonyl (C=O) groups excluding carboxylic acids is 1. The van der Waals surface area contributed by atoms with Gasteiger partial charge in [-0.2, -0.15) is 5.26 Å². The fourth-order valence-corrected chi connectivity index (χ4v) is 2.16. The van der Waals surface area contributed by atoms with Crippen molar-refractivity contribution in [2.75, 3.05) is 7.11 Å². The minimum Gasteiger partial charge on any atom is -0.481 e. The quantitative estimate of drug-likeness (QED) is 0.851. The molecule has 5 heteroatoms. The van der Waals surface area contributed by atoms with Gasteiger partial charge in [-0.1, -0.05) is 12.1 Å². The topological polar surface area (TPSA) is 66.2 Å². The maximum atomic E-state index is 12.7. The molecule has 0 fully saturated rings. The molecule has 5 nitrogen and oxygen atoms in total. The van der Waals surface area contributed by atoms with Crippen LogP contribution < -0.4 is 4.74 Å². The van der Waals surface area contributed by atoms with Gasteiger partial charge in [0.25, 0.3) is 5.91 Å². The minimum atomic E-state index is -0.0838. The molecule has 0 saturated heterocycles. The zero-order chi connectivity index (χ0) is 16.8. The molecule has 0 atom stereocenters. The summed E-state index contributed by atoms with van der Waals surface area (Å²) in [6.07, 6.45) is 1.52. The van der Waals surface area contributed by atoms with Gasteiger partial charge in [-0.3, -0.25) is 4.79 Å². The van der Waals surface area contributed by atoms with Gasteiger partial charge in [0.1, 0.15) is 0 Å². The maximum Gasteiger partial charge on any atom is 0.255 e. The maximum absolute atomic E-state index is 12.7. The van der Waals surface area contributed by atoms with E-state index in [2.05, 4.69) is 11.1 Å². The highest BCUT2D eigenvalue weighted by Crippen LogP contribution is 2.15. The van der Waals surface area contributed by atoms with E-state index in [1.165, 1.54) is 13.3 Å². The van der Waals surface area contributed by atoms with E-state index in [-0.39, 0.29) is 11.9 Å². The summed E-state index contributed by atoms with van der Waals surface area (Å²) in [4.78, 5) is 18.6. The molecule has 0 aliphatic rings. The molecule has 0 spiro atoms. The summed E-state index contributed by atoms with van der Waals surface area (Å²) in [5.74, 6) is 0.393. The van der Waals surface area contributed by atoms with E-state index < -0.39 is 0 Å². The first-order chi connectivity index (χ1) is 11.0. The average Bonchev–Trinajstić information content (AvgIpc) is 2.59. The number of carbonyl (C=O) groups is 1. The van der Waals surface area contributed by atoms with Crippen LogP contribution in [-0.2, 0) is 6.54 Å². The van der Waals surface area contributed by atoms with Crippen molar-refractivity contribution in [3.05, 3.63) is 59.3 Å². The number of hydrogen-bond donors (Lipinski definition) is 0. The van der Waals surface area contributed by atoms with Gasteiger partial charge < -0.3 is 9.64 Å². The molecule has 0 aliphatic heterocycles. The summed E-state index contributed by atoms with van der Waals surface area (Å²) in [6.45, 7) is 4.42. The number of amides is 1. The second-order valence-corrected chi connectivity index (χ2v) is 5.42. The lowest BCUT2D eigenvalue weighted by Crippen LogP contribution is -2.36. The van der Waals surface area contributed by atoms with Gasteiger partial charge >= 0.3 is 0 Å². The molecule has 0 unspecified atom stereocenters. The SMILES string of the molecule is COc1ccc(C(=O)N(Cc2ccc(C#N)cc2)C(C)C)cn1. The van der Waals surface area contributed by atoms with Crippen LogP contribution in [-0.4, -0.2) is 28.9 Å². The molecule has 1 amide bonds. The van der Waals surface area contributed by atoms with Crippen LogP contribution in [0.25, 0.3) is 0 Å². The zero-order valence-corrected chi connectivity index (χ0v) is 13.5. The Hall–Kier alpha value is -2.87. The summed E-state index contributed by atoms with van der Waals surface area (Å²) in [5, 5.41) is 8.85. The van der Waals surface area contributed by atoms with Gasteiger partial charge in [-0.25, -0.2) is 4.98 Å². The van der Waals surface area contributed by atoms with Crippen LogP contribution >= 0.6 is 0 Å². The smallest absolute Gasteiger partial charge is 0.255 e. The summed E-state index contributed by atoms with van der Waals surface area (Å²) >= 11 is 0. The van der Waals surface area contributed by atoms with Crippen molar-refractivity contribution in [1.82, 2.24) is 9.88 Å². The summed E-state index contributed by atoms with van der Waals surface area (Å²) in [6, 6.07) is 12.8. The Kier molecular flexibility index (Phi) is 5.32. The van der Waals surface area contributed by atoms with Gasteiger partial charge in [0.05, 0.1) is 24.3 Å². The minimum absolute atomic E-state index is 0.0419. The number of nitrogens with zero attached hydrogens (tertiary/aromatic N) is 3. The van der Waals surface area contributed by atoms with E-state index in [4.69, 9.17) is 10.00 Å². The normalized spacial score (nSPS) is 10.2. The molecule has 1 heterocycles. The number of methoxy groups -OCH3 is 1. The number of aromatic nitrogens is 1. The highest BCUT2D eigenvalue weighted by molar-refractivity contribution is 5.94. The summed E-state index contributed by atoms with van der Waals surface area (Å²) < 4.78 is 5.01. The number of benzene rings is 1. The van der Waals surface area contributed by atoms with Crippen molar-refractivity contribution >= 4 is 5.91 Å². The Morgan fingerprint density at radius 2 is 1.96 bits per heavy atom. The Morgan fingerprint density at radius 1 is 1.26 bits per heavy atom. The number of nitriles is 1. The van der Waals surface area contributed by atoms with Gasteiger partial charge in [0, 0.05) is 24.8 Å². The van der Waals surface area contributed by atoms with E-state index >= 15 is 0 Å². The Labute approximate surface area is 136 Å². The first kappa shape index (κ1) is 16.5. The highest BCUT2D eigenvalue weighted by Gasteiger charge is 2.19. The molecule has 1 aromatic carbocycles. The lowest BCUT2D eigenvalue weighted by molar-refractivity contribution is 0.0690. The van der Waals surface area contributed by atoms with Crippen LogP contribution in [0, 0.1) is 11.3 Å². The van der Waals surface area contributed by atoms with E-state index in [0.717, 1.165) is 5.56 Å². The first-order valence-electron chi connectivity index (χ1n) is 7.35. The standard InChI is InChI=1S/C18H19N3O2/c1-13(2)21(12-15-6-4-14(10-19)5-7-15)18(22)16-8-9-17(23-3)20-11-16/h4-9,11,13H,12H2,1-3H3. The molecule has 0 saturated carbocycles. The van der Waals surface area contributed by atoms with Crippen LogP contribution in [0.2, 0.25) is 0 Å². The van der Waals surface area contributed by atoms with Crippen LogP contribution in [0.1, 0.15) is 35.3 Å². The van der Waals surface area contributed by atoms with Gasteiger partial charge in [0.2, 0.25) is 5.88 Å². The molecular formula is C18H19N3O2. The number of ether oxygens (including phenoxy) is 1.